The molecule has 3 aliphatic rings. The van der Waals surface area contributed by atoms with Crippen LogP contribution >= 0.6 is 35.5 Å². The fourth-order valence-corrected chi connectivity index (χ4v) is 5.30. The molecule has 3 fully saturated rings. The lowest BCUT2D eigenvalue weighted by Crippen LogP contribution is -2.48. The van der Waals surface area contributed by atoms with Crippen molar-refractivity contribution in [2.45, 2.75) is 37.9 Å². The normalized spacial score (nSPS) is 27.4. The number of thioether (sulfide) groups is 1. The van der Waals surface area contributed by atoms with Gasteiger partial charge in [0.05, 0.1) is 0 Å². The molecule has 0 bridgehead atoms. The Balaban J connectivity index is 0.00000169. The first kappa shape index (κ1) is 18.0. The molecule has 1 aliphatic carbocycles. The highest BCUT2D eigenvalue weighted by atomic mass is 35.5. The molecule has 2 saturated heterocycles. The zero-order valence-corrected chi connectivity index (χ0v) is 15.8. The van der Waals surface area contributed by atoms with Crippen molar-refractivity contribution in [2.75, 3.05) is 18.8 Å². The van der Waals surface area contributed by atoms with E-state index in [1.807, 2.05) is 4.90 Å². The van der Waals surface area contributed by atoms with E-state index in [9.17, 15) is 9.59 Å². The molecule has 5 nitrogen and oxygen atoms in total. The highest BCUT2D eigenvalue weighted by molar-refractivity contribution is 8.14. The fourth-order valence-electron chi connectivity index (χ4n) is 3.87. The number of carbonyl (C=O) groups excluding carboxylic acids is 2. The molecule has 4 rings (SSSR count). The van der Waals surface area contributed by atoms with Crippen LogP contribution in [0.15, 0.2) is 16.8 Å². The molecule has 2 amide bonds. The topological polar surface area (TPSA) is 61.4 Å². The van der Waals surface area contributed by atoms with Crippen molar-refractivity contribution in [3.8, 4) is 0 Å². The Bertz CT molecular complexity index is 604. The van der Waals surface area contributed by atoms with Gasteiger partial charge in [-0.2, -0.15) is 11.3 Å². The first-order valence-corrected chi connectivity index (χ1v) is 10.1. The van der Waals surface area contributed by atoms with Gasteiger partial charge in [0.1, 0.15) is 6.04 Å². The zero-order chi connectivity index (χ0) is 15.9. The minimum absolute atomic E-state index is 0. The summed E-state index contributed by atoms with van der Waals surface area (Å²) in [5, 5.41) is 10.3. The quantitative estimate of drug-likeness (QED) is 0.833. The molecule has 2 aliphatic heterocycles. The van der Waals surface area contributed by atoms with E-state index in [4.69, 9.17) is 0 Å². The van der Waals surface area contributed by atoms with Crippen LogP contribution < -0.4 is 10.6 Å². The van der Waals surface area contributed by atoms with E-state index in [1.165, 1.54) is 17.3 Å². The summed E-state index contributed by atoms with van der Waals surface area (Å²) >= 11 is 2.88. The molecule has 0 aromatic carbocycles. The van der Waals surface area contributed by atoms with Gasteiger partial charge in [0, 0.05) is 18.3 Å². The van der Waals surface area contributed by atoms with Crippen molar-refractivity contribution in [1.82, 2.24) is 15.5 Å². The maximum atomic E-state index is 13.0. The minimum Gasteiger partial charge on any atom is -0.334 e. The van der Waals surface area contributed by atoms with Crippen molar-refractivity contribution in [3.63, 3.8) is 0 Å². The van der Waals surface area contributed by atoms with Crippen LogP contribution in [0.25, 0.3) is 0 Å². The lowest BCUT2D eigenvalue weighted by molar-refractivity contribution is -0.134. The first-order chi connectivity index (χ1) is 11.2. The van der Waals surface area contributed by atoms with Crippen LogP contribution in [0.2, 0.25) is 0 Å². The molecule has 0 radical (unpaired) electrons. The summed E-state index contributed by atoms with van der Waals surface area (Å²) in [6, 6.07) is 2.06. The predicted octanol–water partition coefficient (Wildman–Crippen LogP) is 2.47. The SMILES string of the molecule is Cl.O=C1N[C@H](C(=O)N(Cc2ccsc2)C2CC23CCNCC3)CS1. The molecule has 132 valence electrons. The minimum atomic E-state index is -0.356. The number of rotatable bonds is 4. The number of piperidine rings is 1. The molecule has 1 saturated carbocycles. The summed E-state index contributed by atoms with van der Waals surface area (Å²) in [4.78, 5) is 26.5. The number of nitrogens with zero attached hydrogens (tertiary/aromatic N) is 1. The van der Waals surface area contributed by atoms with E-state index >= 15 is 0 Å². The van der Waals surface area contributed by atoms with Crippen molar-refractivity contribution < 1.29 is 9.59 Å². The van der Waals surface area contributed by atoms with Crippen LogP contribution in [0, 0.1) is 5.41 Å². The summed E-state index contributed by atoms with van der Waals surface area (Å²) in [6.45, 7) is 2.76. The molecule has 1 aromatic heterocycles. The van der Waals surface area contributed by atoms with E-state index in [0.717, 1.165) is 32.4 Å². The second-order valence-corrected chi connectivity index (χ2v) is 8.50. The number of hydrogen-bond acceptors (Lipinski definition) is 5. The van der Waals surface area contributed by atoms with Gasteiger partial charge in [-0.05, 0) is 60.2 Å². The Labute approximate surface area is 156 Å². The van der Waals surface area contributed by atoms with Crippen molar-refractivity contribution >= 4 is 46.7 Å². The Morgan fingerprint density at radius 1 is 1.38 bits per heavy atom. The second kappa shape index (κ2) is 7.23. The molecule has 2 atom stereocenters. The molecule has 24 heavy (non-hydrogen) atoms. The average molecular weight is 388 g/mol. The second-order valence-electron chi connectivity index (χ2n) is 6.73. The van der Waals surface area contributed by atoms with Crippen LogP contribution in [0.3, 0.4) is 0 Å². The van der Waals surface area contributed by atoms with Crippen molar-refractivity contribution in [2.24, 2.45) is 5.41 Å². The summed E-state index contributed by atoms with van der Waals surface area (Å²) in [7, 11) is 0. The molecule has 1 spiro atoms. The molecular formula is C16H22ClN3O2S2. The number of nitrogens with one attached hydrogen (secondary N) is 2. The van der Waals surface area contributed by atoms with E-state index in [0.29, 0.717) is 23.8 Å². The largest absolute Gasteiger partial charge is 0.334 e. The Hall–Kier alpha value is -0.760. The number of carbonyl (C=O) groups is 2. The van der Waals surface area contributed by atoms with Gasteiger partial charge in [-0.15, -0.1) is 12.4 Å². The summed E-state index contributed by atoms with van der Waals surface area (Å²) in [5.41, 5.74) is 1.50. The van der Waals surface area contributed by atoms with Crippen LogP contribution in [-0.2, 0) is 11.3 Å². The molecule has 8 heteroatoms. The average Bonchev–Trinajstić information content (AvgIpc) is 2.97. The third-order valence-corrected chi connectivity index (χ3v) is 6.92. The number of thiophene rings is 1. The maximum absolute atomic E-state index is 13.0. The van der Waals surface area contributed by atoms with Gasteiger partial charge in [-0.1, -0.05) is 11.8 Å². The predicted molar refractivity (Wildman–Crippen MR) is 99.8 cm³/mol. The Kier molecular flexibility index (Phi) is 5.44. The van der Waals surface area contributed by atoms with E-state index in [-0.39, 0.29) is 29.6 Å². The van der Waals surface area contributed by atoms with Crippen LogP contribution in [0.4, 0.5) is 4.79 Å². The van der Waals surface area contributed by atoms with Crippen molar-refractivity contribution in [3.05, 3.63) is 22.4 Å². The highest BCUT2D eigenvalue weighted by Crippen LogP contribution is 2.56. The standard InChI is InChI=1S/C16H21N3O2S2.ClH/c20-14(12-10-23-15(21)18-12)19(8-11-1-6-22-9-11)13-7-16(13)2-4-17-5-3-16;/h1,6,9,12-13,17H,2-5,7-8,10H2,(H,18,21);1H/t12-,13?;/m0./s1. The third kappa shape index (κ3) is 3.45. The highest BCUT2D eigenvalue weighted by Gasteiger charge is 2.58. The Morgan fingerprint density at radius 2 is 2.17 bits per heavy atom. The Morgan fingerprint density at radius 3 is 2.79 bits per heavy atom. The molecule has 3 heterocycles. The van der Waals surface area contributed by atoms with Gasteiger partial charge in [-0.3, -0.25) is 9.59 Å². The summed E-state index contributed by atoms with van der Waals surface area (Å²) < 4.78 is 0. The van der Waals surface area contributed by atoms with Gasteiger partial charge in [0.15, 0.2) is 0 Å². The zero-order valence-electron chi connectivity index (χ0n) is 13.3. The lowest BCUT2D eigenvalue weighted by Gasteiger charge is -2.31. The monoisotopic (exact) mass is 387 g/mol. The van der Waals surface area contributed by atoms with E-state index in [2.05, 4.69) is 27.5 Å². The number of amides is 2. The summed E-state index contributed by atoms with van der Waals surface area (Å²) in [5.74, 6) is 0.647. The van der Waals surface area contributed by atoms with Crippen molar-refractivity contribution in [1.29, 1.82) is 0 Å². The summed E-state index contributed by atoms with van der Waals surface area (Å²) in [6.07, 6.45) is 3.41. The van der Waals surface area contributed by atoms with Gasteiger partial charge >= 0.3 is 0 Å². The van der Waals surface area contributed by atoms with Gasteiger partial charge in [0.25, 0.3) is 5.24 Å². The third-order valence-electron chi connectivity index (χ3n) is 5.31. The van der Waals surface area contributed by atoms with E-state index < -0.39 is 0 Å². The lowest BCUT2D eigenvalue weighted by atomic mass is 9.93. The maximum Gasteiger partial charge on any atom is 0.279 e. The van der Waals surface area contributed by atoms with Crippen LogP contribution in [-0.4, -0.2) is 47.0 Å². The fraction of sp³-hybridized carbons (Fsp3) is 0.625. The van der Waals surface area contributed by atoms with Gasteiger partial charge in [0.2, 0.25) is 5.91 Å². The van der Waals surface area contributed by atoms with E-state index in [1.54, 1.807) is 11.3 Å². The van der Waals surface area contributed by atoms with Gasteiger partial charge in [-0.25, -0.2) is 0 Å². The van der Waals surface area contributed by atoms with Crippen LogP contribution in [0.5, 0.6) is 0 Å². The first-order valence-electron chi connectivity index (χ1n) is 8.14. The molecule has 1 unspecified atom stereocenters. The van der Waals surface area contributed by atoms with Crippen LogP contribution in [0.1, 0.15) is 24.8 Å². The smallest absolute Gasteiger partial charge is 0.279 e. The molecule has 1 aromatic rings. The molecule has 2 N–H and O–H groups in total. The number of halogens is 1. The number of hydrogen-bond donors (Lipinski definition) is 2. The molecular weight excluding hydrogens is 366 g/mol. The van der Waals surface area contributed by atoms with Gasteiger partial charge < -0.3 is 15.5 Å².